The maximum atomic E-state index is 12.7. The Morgan fingerprint density at radius 2 is 1.68 bits per heavy atom. The van der Waals surface area contributed by atoms with Gasteiger partial charge in [-0.1, -0.05) is 42.5 Å². The number of benzene rings is 3. The van der Waals surface area contributed by atoms with Crippen LogP contribution in [0, 0.1) is 0 Å². The lowest BCUT2D eigenvalue weighted by Gasteiger charge is -2.13. The van der Waals surface area contributed by atoms with Crippen molar-refractivity contribution in [3.63, 3.8) is 0 Å². The minimum Gasteiger partial charge on any atom is -0.486 e. The number of anilines is 1. The van der Waals surface area contributed by atoms with Crippen molar-refractivity contribution in [3.05, 3.63) is 90.3 Å². The van der Waals surface area contributed by atoms with E-state index in [0.717, 1.165) is 33.9 Å². The van der Waals surface area contributed by atoms with Crippen molar-refractivity contribution in [1.29, 1.82) is 0 Å². The third-order valence-corrected chi connectivity index (χ3v) is 5.09. The predicted molar refractivity (Wildman–Crippen MR) is 123 cm³/mol. The number of hydrogen-bond donors (Lipinski definition) is 1. The molecule has 1 heterocycles. The zero-order valence-corrected chi connectivity index (χ0v) is 17.8. The predicted octanol–water partition coefficient (Wildman–Crippen LogP) is 4.00. The van der Waals surface area contributed by atoms with Crippen LogP contribution < -0.4 is 15.0 Å². The van der Waals surface area contributed by atoms with E-state index < -0.39 is 0 Å². The molecule has 0 unspecified atom stereocenters. The molecule has 158 valence electrons. The van der Waals surface area contributed by atoms with Gasteiger partial charge in [-0.2, -0.15) is 0 Å². The molecule has 6 nitrogen and oxygen atoms in total. The topological polar surface area (TPSA) is 59.4 Å². The van der Waals surface area contributed by atoms with Crippen LogP contribution >= 0.6 is 0 Å². The minimum absolute atomic E-state index is 0.0687. The molecule has 0 spiro atoms. The summed E-state index contributed by atoms with van der Waals surface area (Å²) in [5.41, 5.74) is 3.95. The molecule has 0 saturated heterocycles. The number of nitrogens with one attached hydrogen (secondary N) is 1. The minimum atomic E-state index is -0.0687. The van der Waals surface area contributed by atoms with Gasteiger partial charge < -0.3 is 19.5 Å². The average molecular weight is 415 g/mol. The van der Waals surface area contributed by atoms with Crippen LogP contribution in [0.15, 0.2) is 78.9 Å². The molecule has 0 fully saturated rings. The first-order valence-corrected chi connectivity index (χ1v) is 10.2. The Morgan fingerprint density at radius 3 is 2.42 bits per heavy atom. The number of aromatic nitrogens is 2. The quantitative estimate of drug-likeness (QED) is 0.474. The molecule has 0 radical (unpaired) electrons. The van der Waals surface area contributed by atoms with Crippen molar-refractivity contribution in [1.82, 2.24) is 14.9 Å². The van der Waals surface area contributed by atoms with E-state index >= 15 is 0 Å². The zero-order chi connectivity index (χ0) is 21.6. The van der Waals surface area contributed by atoms with E-state index in [2.05, 4.69) is 10.3 Å². The van der Waals surface area contributed by atoms with Gasteiger partial charge in [0.15, 0.2) is 0 Å². The number of imidazole rings is 1. The molecule has 1 amide bonds. The first-order valence-electron chi connectivity index (χ1n) is 10.2. The molecule has 3 aromatic carbocycles. The molecular weight excluding hydrogens is 388 g/mol. The van der Waals surface area contributed by atoms with Gasteiger partial charge in [-0.05, 0) is 42.0 Å². The molecule has 31 heavy (non-hydrogen) atoms. The Labute approximate surface area is 182 Å². The second-order valence-corrected chi connectivity index (χ2v) is 7.54. The highest BCUT2D eigenvalue weighted by atomic mass is 16.5. The van der Waals surface area contributed by atoms with E-state index in [4.69, 9.17) is 4.74 Å². The zero-order valence-electron chi connectivity index (χ0n) is 17.8. The summed E-state index contributed by atoms with van der Waals surface area (Å²) in [4.78, 5) is 19.4. The summed E-state index contributed by atoms with van der Waals surface area (Å²) >= 11 is 0. The largest absolute Gasteiger partial charge is 0.486 e. The molecule has 6 heteroatoms. The summed E-state index contributed by atoms with van der Waals surface area (Å²) in [5.74, 6) is 1.42. The van der Waals surface area contributed by atoms with Crippen LogP contribution in [0.3, 0.4) is 0 Å². The molecule has 1 aromatic heterocycles. The monoisotopic (exact) mass is 414 g/mol. The smallest absolute Gasteiger partial charge is 0.240 e. The number of ether oxygens (including phenoxy) is 1. The first kappa shape index (κ1) is 20.5. The fourth-order valence-corrected chi connectivity index (χ4v) is 3.39. The number of rotatable bonds is 8. The van der Waals surface area contributed by atoms with E-state index in [0.29, 0.717) is 6.54 Å². The second-order valence-electron chi connectivity index (χ2n) is 7.54. The van der Waals surface area contributed by atoms with Crippen molar-refractivity contribution >= 4 is 22.6 Å². The third-order valence-electron chi connectivity index (χ3n) is 5.09. The number of amides is 1. The third kappa shape index (κ3) is 5.04. The summed E-state index contributed by atoms with van der Waals surface area (Å²) in [6.45, 7) is 0.955. The van der Waals surface area contributed by atoms with Crippen molar-refractivity contribution in [2.75, 3.05) is 19.0 Å². The van der Waals surface area contributed by atoms with Crippen molar-refractivity contribution in [3.8, 4) is 5.75 Å². The first-order chi connectivity index (χ1) is 15.1. The molecule has 1 N–H and O–H groups in total. The maximum absolute atomic E-state index is 12.7. The van der Waals surface area contributed by atoms with Crippen molar-refractivity contribution < 1.29 is 9.53 Å². The molecule has 0 saturated carbocycles. The number of para-hydroxylation sites is 3. The normalized spacial score (nSPS) is 10.8. The molecule has 0 aliphatic carbocycles. The Balaban J connectivity index is 1.45. The number of carbonyl (C=O) groups is 1. The average Bonchev–Trinajstić information content (AvgIpc) is 3.14. The van der Waals surface area contributed by atoms with Gasteiger partial charge in [0.25, 0.3) is 0 Å². The van der Waals surface area contributed by atoms with Gasteiger partial charge in [0.1, 0.15) is 24.7 Å². The number of fused-ring (bicyclic) bond motifs is 1. The lowest BCUT2D eigenvalue weighted by Crippen LogP contribution is -2.28. The maximum Gasteiger partial charge on any atom is 0.240 e. The lowest BCUT2D eigenvalue weighted by molar-refractivity contribution is -0.121. The van der Waals surface area contributed by atoms with Gasteiger partial charge in [-0.25, -0.2) is 4.98 Å². The molecule has 4 rings (SSSR count). The van der Waals surface area contributed by atoms with Crippen LogP contribution in [0.1, 0.15) is 11.4 Å². The summed E-state index contributed by atoms with van der Waals surface area (Å²) in [6, 6.07) is 25.6. The number of nitrogens with zero attached hydrogens (tertiary/aromatic N) is 3. The molecule has 0 aliphatic rings. The molecule has 4 aromatic rings. The Morgan fingerprint density at radius 1 is 0.968 bits per heavy atom. The Kier molecular flexibility index (Phi) is 6.17. The summed E-state index contributed by atoms with van der Waals surface area (Å²) < 4.78 is 7.80. The van der Waals surface area contributed by atoms with E-state index in [1.807, 2.05) is 102 Å². The summed E-state index contributed by atoms with van der Waals surface area (Å²) in [6.07, 6.45) is 0. The van der Waals surface area contributed by atoms with Crippen LogP contribution in [-0.4, -0.2) is 29.6 Å². The Bertz CT molecular complexity index is 1150. The lowest BCUT2D eigenvalue weighted by atomic mass is 10.2. The fourth-order valence-electron chi connectivity index (χ4n) is 3.39. The van der Waals surface area contributed by atoms with Crippen LogP contribution in [0.4, 0.5) is 5.69 Å². The van der Waals surface area contributed by atoms with Crippen molar-refractivity contribution in [2.45, 2.75) is 19.7 Å². The second kappa shape index (κ2) is 9.34. The summed E-state index contributed by atoms with van der Waals surface area (Å²) in [5, 5.41) is 3.01. The van der Waals surface area contributed by atoms with Gasteiger partial charge in [0.05, 0.1) is 11.0 Å². The molecule has 0 bridgehead atoms. The van der Waals surface area contributed by atoms with E-state index in [1.165, 1.54) is 0 Å². The highest BCUT2D eigenvalue weighted by Crippen LogP contribution is 2.18. The van der Waals surface area contributed by atoms with Crippen LogP contribution in [-0.2, 0) is 24.5 Å². The van der Waals surface area contributed by atoms with Crippen LogP contribution in [0.25, 0.3) is 11.0 Å². The van der Waals surface area contributed by atoms with E-state index in [9.17, 15) is 4.79 Å². The Hall–Kier alpha value is -3.80. The van der Waals surface area contributed by atoms with Gasteiger partial charge in [0, 0.05) is 26.3 Å². The van der Waals surface area contributed by atoms with Crippen molar-refractivity contribution in [2.24, 2.45) is 0 Å². The molecule has 0 atom stereocenters. The van der Waals surface area contributed by atoms with Gasteiger partial charge in [0.2, 0.25) is 5.91 Å². The van der Waals surface area contributed by atoms with Gasteiger partial charge in [-0.15, -0.1) is 0 Å². The highest BCUT2D eigenvalue weighted by molar-refractivity contribution is 5.81. The van der Waals surface area contributed by atoms with Gasteiger partial charge in [-0.3, -0.25) is 4.79 Å². The van der Waals surface area contributed by atoms with E-state index in [1.54, 1.807) is 0 Å². The van der Waals surface area contributed by atoms with E-state index in [-0.39, 0.29) is 19.1 Å². The highest BCUT2D eigenvalue weighted by Gasteiger charge is 2.14. The molecule has 0 aliphatic heterocycles. The van der Waals surface area contributed by atoms with Crippen LogP contribution in [0.2, 0.25) is 0 Å². The van der Waals surface area contributed by atoms with Crippen LogP contribution in [0.5, 0.6) is 5.75 Å². The summed E-state index contributed by atoms with van der Waals surface area (Å²) in [7, 11) is 4.01. The SMILES string of the molecule is CN(C)c1ccc(CNC(=O)Cn2c(COc3ccccc3)nc3ccccc32)cc1. The fraction of sp³-hybridized carbons (Fsp3) is 0.200. The standard InChI is InChI=1S/C25H26N4O2/c1-28(2)20-14-12-19(13-15-20)16-26-25(30)17-29-23-11-7-6-10-22(23)27-24(29)18-31-21-8-4-3-5-9-21/h3-15H,16-18H2,1-2H3,(H,26,30). The molecular formula is C25H26N4O2. The van der Waals surface area contributed by atoms with Gasteiger partial charge >= 0.3 is 0 Å². The number of hydrogen-bond acceptors (Lipinski definition) is 4. The number of carbonyl (C=O) groups excluding carboxylic acids is 1.